The zero-order valence-electron chi connectivity index (χ0n) is 18.1. The number of aromatic amines is 1. The van der Waals surface area contributed by atoms with Gasteiger partial charge in [-0.15, -0.1) is 11.3 Å². The number of pyridine rings is 1. The van der Waals surface area contributed by atoms with Crippen LogP contribution < -0.4 is 10.6 Å². The zero-order chi connectivity index (χ0) is 22.2. The van der Waals surface area contributed by atoms with E-state index in [0.29, 0.717) is 18.0 Å². The van der Waals surface area contributed by atoms with E-state index in [1.807, 2.05) is 33.0 Å². The second-order valence-electron chi connectivity index (χ2n) is 8.87. The van der Waals surface area contributed by atoms with E-state index in [9.17, 15) is 9.59 Å². The van der Waals surface area contributed by atoms with Crippen LogP contribution in [-0.4, -0.2) is 45.5 Å². The summed E-state index contributed by atoms with van der Waals surface area (Å²) < 4.78 is 5.44. The summed E-state index contributed by atoms with van der Waals surface area (Å²) in [5.41, 5.74) is 2.54. The minimum absolute atomic E-state index is 0.141. The van der Waals surface area contributed by atoms with Crippen LogP contribution in [0.25, 0.3) is 21.6 Å². The summed E-state index contributed by atoms with van der Waals surface area (Å²) in [6.07, 6.45) is 5.88. The highest BCUT2D eigenvalue weighted by Gasteiger charge is 2.33. The van der Waals surface area contributed by atoms with Crippen molar-refractivity contribution in [3.63, 3.8) is 0 Å². The lowest BCUT2D eigenvalue weighted by molar-refractivity contribution is -0.156. The quantitative estimate of drug-likeness (QED) is 0.500. The van der Waals surface area contributed by atoms with Crippen LogP contribution in [0.3, 0.4) is 0 Å². The van der Waals surface area contributed by atoms with Gasteiger partial charge in [-0.2, -0.15) is 0 Å². The minimum Gasteiger partial charge on any atom is -0.460 e. The molecule has 0 aromatic carbocycles. The molecular formula is C22H27N5O3S. The molecule has 4 rings (SSSR count). The van der Waals surface area contributed by atoms with Crippen LogP contribution in [0.2, 0.25) is 0 Å². The first kappa shape index (κ1) is 21.3. The predicted molar refractivity (Wildman–Crippen MR) is 121 cm³/mol. The standard InChI is InChI=1S/C22H27N5O3S/c1-22(2,3)30-17(28)9-12-7-13(8-12)26-18-14-5-6-24-19(14)25-10-15(18)21-27-16(11-31-21)20(29)23-4/h5-6,10-13H,7-9H2,1-4H3,(H,23,29)(H2,24,25,26). The fourth-order valence-corrected chi connectivity index (χ4v) is 4.61. The van der Waals surface area contributed by atoms with Crippen LogP contribution >= 0.6 is 11.3 Å². The highest BCUT2D eigenvalue weighted by Crippen LogP contribution is 2.39. The van der Waals surface area contributed by atoms with Gasteiger partial charge in [0.25, 0.3) is 5.91 Å². The molecule has 31 heavy (non-hydrogen) atoms. The van der Waals surface area contributed by atoms with Crippen LogP contribution in [-0.2, 0) is 9.53 Å². The number of rotatable bonds is 6. The molecule has 1 aliphatic carbocycles. The molecule has 0 radical (unpaired) electrons. The average Bonchev–Trinajstić information content (AvgIpc) is 3.33. The molecule has 1 fully saturated rings. The van der Waals surface area contributed by atoms with Crippen LogP contribution in [0.15, 0.2) is 23.8 Å². The van der Waals surface area contributed by atoms with Crippen molar-refractivity contribution < 1.29 is 14.3 Å². The highest BCUT2D eigenvalue weighted by molar-refractivity contribution is 7.13. The lowest BCUT2D eigenvalue weighted by Crippen LogP contribution is -2.37. The molecule has 3 aromatic rings. The Morgan fingerprint density at radius 1 is 1.32 bits per heavy atom. The van der Waals surface area contributed by atoms with Crippen molar-refractivity contribution in [3.8, 4) is 10.6 Å². The van der Waals surface area contributed by atoms with Crippen molar-refractivity contribution in [2.45, 2.75) is 51.7 Å². The van der Waals surface area contributed by atoms with Gasteiger partial charge in [0.05, 0.1) is 11.3 Å². The van der Waals surface area contributed by atoms with Gasteiger partial charge in [-0.1, -0.05) is 0 Å². The van der Waals surface area contributed by atoms with E-state index in [1.54, 1.807) is 18.6 Å². The molecule has 3 heterocycles. The molecule has 0 saturated heterocycles. The molecule has 3 aromatic heterocycles. The number of esters is 1. The van der Waals surface area contributed by atoms with Gasteiger partial charge in [0, 0.05) is 42.7 Å². The van der Waals surface area contributed by atoms with E-state index in [-0.39, 0.29) is 17.9 Å². The lowest BCUT2D eigenvalue weighted by Gasteiger charge is -2.37. The molecule has 3 N–H and O–H groups in total. The van der Waals surface area contributed by atoms with Crippen LogP contribution in [0.4, 0.5) is 5.69 Å². The number of anilines is 1. The molecule has 0 atom stereocenters. The second-order valence-corrected chi connectivity index (χ2v) is 9.73. The third-order valence-corrected chi connectivity index (χ3v) is 6.12. The summed E-state index contributed by atoms with van der Waals surface area (Å²) in [5.74, 6) is -0.0335. The number of thiazole rings is 1. The number of carbonyl (C=O) groups is 2. The van der Waals surface area contributed by atoms with Gasteiger partial charge >= 0.3 is 5.97 Å². The Labute approximate surface area is 184 Å². The first-order chi connectivity index (χ1) is 14.7. The Balaban J connectivity index is 1.50. The molecule has 0 spiro atoms. The number of carbonyl (C=O) groups excluding carboxylic acids is 2. The number of aromatic nitrogens is 3. The van der Waals surface area contributed by atoms with Gasteiger partial charge in [-0.05, 0) is 45.6 Å². The number of fused-ring (bicyclic) bond motifs is 1. The minimum atomic E-state index is -0.453. The van der Waals surface area contributed by atoms with E-state index in [1.165, 1.54) is 11.3 Å². The first-order valence-electron chi connectivity index (χ1n) is 10.4. The predicted octanol–water partition coefficient (Wildman–Crippen LogP) is 3.97. The van der Waals surface area contributed by atoms with Crippen molar-refractivity contribution in [3.05, 3.63) is 29.5 Å². The Bertz CT molecular complexity index is 1110. The maximum absolute atomic E-state index is 12.1. The Morgan fingerprint density at radius 2 is 2.10 bits per heavy atom. The molecule has 1 amide bonds. The van der Waals surface area contributed by atoms with Crippen LogP contribution in [0, 0.1) is 5.92 Å². The van der Waals surface area contributed by atoms with E-state index in [0.717, 1.165) is 40.1 Å². The number of nitrogens with zero attached hydrogens (tertiary/aromatic N) is 2. The summed E-state index contributed by atoms with van der Waals surface area (Å²) in [6.45, 7) is 5.66. The van der Waals surface area contributed by atoms with Gasteiger partial charge in [0.2, 0.25) is 0 Å². The highest BCUT2D eigenvalue weighted by atomic mass is 32.1. The normalized spacial score (nSPS) is 18.5. The van der Waals surface area contributed by atoms with E-state index in [2.05, 4.69) is 25.6 Å². The molecule has 0 bridgehead atoms. The number of hydrogen-bond acceptors (Lipinski definition) is 7. The van der Waals surface area contributed by atoms with Gasteiger partial charge in [0.15, 0.2) is 0 Å². The number of ether oxygens (including phenoxy) is 1. The summed E-state index contributed by atoms with van der Waals surface area (Å²) in [5, 5.41) is 9.70. The van der Waals surface area contributed by atoms with Gasteiger partial charge in [0.1, 0.15) is 21.9 Å². The number of amides is 1. The van der Waals surface area contributed by atoms with E-state index >= 15 is 0 Å². The molecule has 164 valence electrons. The van der Waals surface area contributed by atoms with Gasteiger partial charge < -0.3 is 20.4 Å². The van der Waals surface area contributed by atoms with Crippen molar-refractivity contribution in [1.82, 2.24) is 20.3 Å². The van der Waals surface area contributed by atoms with Gasteiger partial charge in [-0.25, -0.2) is 9.97 Å². The first-order valence-corrected chi connectivity index (χ1v) is 11.2. The number of nitrogens with one attached hydrogen (secondary N) is 3. The summed E-state index contributed by atoms with van der Waals surface area (Å²) >= 11 is 1.42. The average molecular weight is 442 g/mol. The smallest absolute Gasteiger partial charge is 0.306 e. The molecule has 1 saturated carbocycles. The third kappa shape index (κ3) is 4.71. The topological polar surface area (TPSA) is 109 Å². The fourth-order valence-electron chi connectivity index (χ4n) is 3.80. The molecule has 8 nitrogen and oxygen atoms in total. The van der Waals surface area contributed by atoms with Crippen molar-refractivity contribution in [2.75, 3.05) is 12.4 Å². The van der Waals surface area contributed by atoms with Crippen molar-refractivity contribution in [1.29, 1.82) is 0 Å². The van der Waals surface area contributed by atoms with Gasteiger partial charge in [-0.3, -0.25) is 9.59 Å². The maximum atomic E-state index is 12.1. The third-order valence-electron chi connectivity index (χ3n) is 5.24. The summed E-state index contributed by atoms with van der Waals surface area (Å²) in [7, 11) is 1.59. The molecule has 1 aliphatic rings. The fraction of sp³-hybridized carbons (Fsp3) is 0.455. The van der Waals surface area contributed by atoms with Crippen LogP contribution in [0.1, 0.15) is 50.5 Å². The monoisotopic (exact) mass is 441 g/mol. The molecule has 9 heteroatoms. The van der Waals surface area contributed by atoms with Crippen molar-refractivity contribution in [2.24, 2.45) is 5.92 Å². The van der Waals surface area contributed by atoms with Crippen LogP contribution in [0.5, 0.6) is 0 Å². The maximum Gasteiger partial charge on any atom is 0.306 e. The van der Waals surface area contributed by atoms with E-state index in [4.69, 9.17) is 4.74 Å². The van der Waals surface area contributed by atoms with E-state index < -0.39 is 5.60 Å². The SMILES string of the molecule is CNC(=O)c1csc(-c2cnc3[nH]ccc3c2NC2CC(CC(=O)OC(C)(C)C)C2)n1. The Kier molecular flexibility index (Phi) is 5.70. The molecule has 0 aliphatic heterocycles. The largest absolute Gasteiger partial charge is 0.460 e. The lowest BCUT2D eigenvalue weighted by atomic mass is 9.78. The Hall–Kier alpha value is -2.94. The number of hydrogen-bond donors (Lipinski definition) is 3. The Morgan fingerprint density at radius 3 is 2.81 bits per heavy atom. The summed E-state index contributed by atoms with van der Waals surface area (Å²) in [6, 6.07) is 2.24. The molecular weight excluding hydrogens is 414 g/mol. The molecule has 0 unspecified atom stereocenters. The zero-order valence-corrected chi connectivity index (χ0v) is 18.9. The van der Waals surface area contributed by atoms with Crippen molar-refractivity contribution >= 4 is 39.9 Å². The summed E-state index contributed by atoms with van der Waals surface area (Å²) in [4.78, 5) is 36.2. The number of H-pyrrole nitrogens is 1. The second kappa shape index (κ2) is 8.30.